The molecule has 0 aromatic heterocycles. The van der Waals surface area contributed by atoms with Gasteiger partial charge in [0, 0.05) is 13.7 Å². The highest BCUT2D eigenvalue weighted by atomic mass is 16.7. The number of rotatable bonds is 12. The van der Waals surface area contributed by atoms with Crippen molar-refractivity contribution in [2.75, 3.05) is 26.9 Å². The zero-order chi connectivity index (χ0) is 14.7. The standard InChI is InChI=1S/C13H28O6/c1-4-5-6-7-18-10(2)12(9-15)19-13(17-3)11(16)8-14/h10-16H,4-9H2,1-3H3/t10-,11+,12?,13-/m0/s1. The molecule has 4 atom stereocenters. The highest BCUT2D eigenvalue weighted by Crippen LogP contribution is 2.11. The summed E-state index contributed by atoms with van der Waals surface area (Å²) in [4.78, 5) is 0. The molecular formula is C13H28O6. The van der Waals surface area contributed by atoms with Gasteiger partial charge in [0.25, 0.3) is 0 Å². The van der Waals surface area contributed by atoms with Gasteiger partial charge in [-0.2, -0.15) is 0 Å². The summed E-state index contributed by atoms with van der Waals surface area (Å²) in [5.74, 6) is 0. The maximum absolute atomic E-state index is 9.47. The lowest BCUT2D eigenvalue weighted by atomic mass is 10.2. The van der Waals surface area contributed by atoms with Crippen LogP contribution in [0.1, 0.15) is 33.1 Å². The fourth-order valence-corrected chi connectivity index (χ4v) is 1.59. The van der Waals surface area contributed by atoms with Crippen LogP contribution < -0.4 is 0 Å². The summed E-state index contributed by atoms with van der Waals surface area (Å²) in [6, 6.07) is 0. The van der Waals surface area contributed by atoms with Gasteiger partial charge >= 0.3 is 0 Å². The first kappa shape index (κ1) is 18.8. The Morgan fingerprint density at radius 2 is 1.79 bits per heavy atom. The van der Waals surface area contributed by atoms with E-state index >= 15 is 0 Å². The Morgan fingerprint density at radius 1 is 1.11 bits per heavy atom. The molecule has 0 aromatic rings. The Bertz CT molecular complexity index is 202. The predicted octanol–water partition coefficient (Wildman–Crippen LogP) is 0.285. The van der Waals surface area contributed by atoms with Gasteiger partial charge in [0.1, 0.15) is 12.2 Å². The highest BCUT2D eigenvalue weighted by molar-refractivity contribution is 4.69. The van der Waals surface area contributed by atoms with Crippen molar-refractivity contribution < 1.29 is 29.5 Å². The van der Waals surface area contributed by atoms with Crippen LogP contribution in [0.3, 0.4) is 0 Å². The quantitative estimate of drug-likeness (QED) is 0.352. The minimum atomic E-state index is -1.15. The number of methoxy groups -OCH3 is 1. The number of ether oxygens (including phenoxy) is 3. The minimum absolute atomic E-state index is 0.243. The van der Waals surface area contributed by atoms with E-state index in [0.29, 0.717) is 6.61 Å². The third-order valence-electron chi connectivity index (χ3n) is 2.87. The van der Waals surface area contributed by atoms with Crippen LogP contribution in [0.25, 0.3) is 0 Å². The van der Waals surface area contributed by atoms with E-state index in [2.05, 4.69) is 6.92 Å². The lowest BCUT2D eigenvalue weighted by Gasteiger charge is -2.28. The van der Waals surface area contributed by atoms with E-state index in [1.807, 2.05) is 0 Å². The lowest BCUT2D eigenvalue weighted by molar-refractivity contribution is -0.234. The van der Waals surface area contributed by atoms with E-state index in [1.165, 1.54) is 7.11 Å². The SMILES string of the molecule is CCCCCO[C@@H](C)C(CO)O[C@H](OC)[C@H](O)CO. The molecule has 0 spiro atoms. The van der Waals surface area contributed by atoms with Gasteiger partial charge in [-0.25, -0.2) is 0 Å². The summed E-state index contributed by atoms with van der Waals surface area (Å²) < 4.78 is 15.9. The Hall–Kier alpha value is -0.240. The third kappa shape index (κ3) is 7.81. The molecule has 0 heterocycles. The average molecular weight is 280 g/mol. The van der Waals surface area contributed by atoms with Gasteiger partial charge in [-0.3, -0.25) is 0 Å². The molecule has 0 bridgehead atoms. The van der Waals surface area contributed by atoms with Crippen LogP contribution in [0.4, 0.5) is 0 Å². The Labute approximate surface area is 115 Å². The molecule has 0 fully saturated rings. The minimum Gasteiger partial charge on any atom is -0.394 e. The summed E-state index contributed by atoms with van der Waals surface area (Å²) >= 11 is 0. The van der Waals surface area contributed by atoms with Gasteiger partial charge in [-0.1, -0.05) is 19.8 Å². The molecule has 0 aliphatic rings. The fraction of sp³-hybridized carbons (Fsp3) is 1.00. The average Bonchev–Trinajstić information content (AvgIpc) is 2.44. The predicted molar refractivity (Wildman–Crippen MR) is 70.8 cm³/mol. The summed E-state index contributed by atoms with van der Waals surface area (Å²) in [5, 5.41) is 27.6. The van der Waals surface area contributed by atoms with Crippen molar-refractivity contribution in [2.24, 2.45) is 0 Å². The summed E-state index contributed by atoms with van der Waals surface area (Å²) in [6.07, 6.45) is 0.132. The van der Waals surface area contributed by atoms with Crippen LogP contribution in [0, 0.1) is 0 Å². The zero-order valence-corrected chi connectivity index (χ0v) is 12.1. The first-order chi connectivity index (χ1) is 9.10. The Balaban J connectivity index is 4.15. The monoisotopic (exact) mass is 280 g/mol. The van der Waals surface area contributed by atoms with Gasteiger partial charge in [0.15, 0.2) is 6.29 Å². The van der Waals surface area contributed by atoms with Crippen molar-refractivity contribution in [2.45, 2.75) is 57.7 Å². The number of hydrogen-bond acceptors (Lipinski definition) is 6. The van der Waals surface area contributed by atoms with E-state index in [1.54, 1.807) is 6.92 Å². The maximum atomic E-state index is 9.47. The van der Waals surface area contributed by atoms with Gasteiger partial charge < -0.3 is 29.5 Å². The van der Waals surface area contributed by atoms with Gasteiger partial charge in [-0.05, 0) is 13.3 Å². The Morgan fingerprint density at radius 3 is 2.26 bits per heavy atom. The molecule has 19 heavy (non-hydrogen) atoms. The van der Waals surface area contributed by atoms with Crippen molar-refractivity contribution in [3.8, 4) is 0 Å². The van der Waals surface area contributed by atoms with Gasteiger partial charge in [0.05, 0.1) is 19.3 Å². The molecule has 0 aliphatic heterocycles. The topological polar surface area (TPSA) is 88.4 Å². The molecule has 1 unspecified atom stereocenters. The Kier molecular flexibility index (Phi) is 11.4. The van der Waals surface area contributed by atoms with Crippen molar-refractivity contribution in [1.29, 1.82) is 0 Å². The molecule has 0 saturated heterocycles. The fourth-order valence-electron chi connectivity index (χ4n) is 1.59. The molecule has 0 radical (unpaired) electrons. The second kappa shape index (κ2) is 11.6. The molecule has 0 aromatic carbocycles. The zero-order valence-electron chi connectivity index (χ0n) is 12.1. The maximum Gasteiger partial charge on any atom is 0.185 e. The third-order valence-corrected chi connectivity index (χ3v) is 2.87. The molecular weight excluding hydrogens is 252 g/mol. The number of aliphatic hydroxyl groups excluding tert-OH is 3. The van der Waals surface area contributed by atoms with E-state index in [0.717, 1.165) is 19.3 Å². The second-order valence-electron chi connectivity index (χ2n) is 4.49. The second-order valence-corrected chi connectivity index (χ2v) is 4.49. The molecule has 0 aliphatic carbocycles. The first-order valence-corrected chi connectivity index (χ1v) is 6.80. The summed E-state index contributed by atoms with van der Waals surface area (Å²) in [7, 11) is 1.37. The summed E-state index contributed by atoms with van der Waals surface area (Å²) in [6.45, 7) is 3.80. The van der Waals surface area contributed by atoms with Crippen molar-refractivity contribution >= 4 is 0 Å². The van der Waals surface area contributed by atoms with Crippen LogP contribution in [0.15, 0.2) is 0 Å². The summed E-state index contributed by atoms with van der Waals surface area (Å²) in [5.41, 5.74) is 0. The molecule has 6 nitrogen and oxygen atoms in total. The molecule has 6 heteroatoms. The molecule has 0 rings (SSSR count). The van der Waals surface area contributed by atoms with Crippen LogP contribution in [-0.4, -0.2) is 66.9 Å². The van der Waals surface area contributed by atoms with Crippen LogP contribution in [-0.2, 0) is 14.2 Å². The van der Waals surface area contributed by atoms with Crippen molar-refractivity contribution in [3.63, 3.8) is 0 Å². The molecule has 0 saturated carbocycles. The first-order valence-electron chi connectivity index (χ1n) is 6.80. The van der Waals surface area contributed by atoms with E-state index in [9.17, 15) is 10.2 Å². The van der Waals surface area contributed by atoms with Crippen LogP contribution in [0.2, 0.25) is 0 Å². The largest absolute Gasteiger partial charge is 0.394 e. The number of unbranched alkanes of at least 4 members (excludes halogenated alkanes) is 2. The lowest BCUT2D eigenvalue weighted by Crippen LogP contribution is -2.42. The number of hydrogen-bond donors (Lipinski definition) is 3. The highest BCUT2D eigenvalue weighted by Gasteiger charge is 2.26. The van der Waals surface area contributed by atoms with Crippen LogP contribution >= 0.6 is 0 Å². The van der Waals surface area contributed by atoms with Gasteiger partial charge in [-0.15, -0.1) is 0 Å². The molecule has 0 amide bonds. The van der Waals surface area contributed by atoms with E-state index < -0.39 is 25.1 Å². The smallest absolute Gasteiger partial charge is 0.185 e. The van der Waals surface area contributed by atoms with Crippen molar-refractivity contribution in [1.82, 2.24) is 0 Å². The normalized spacial score (nSPS) is 18.0. The molecule has 3 N–H and O–H groups in total. The van der Waals surface area contributed by atoms with Crippen LogP contribution in [0.5, 0.6) is 0 Å². The van der Waals surface area contributed by atoms with Gasteiger partial charge in [0.2, 0.25) is 0 Å². The number of aliphatic hydroxyl groups is 3. The van der Waals surface area contributed by atoms with Crippen molar-refractivity contribution in [3.05, 3.63) is 0 Å². The van der Waals surface area contributed by atoms with E-state index in [4.69, 9.17) is 19.3 Å². The molecule has 116 valence electrons. The van der Waals surface area contributed by atoms with E-state index in [-0.39, 0.29) is 12.7 Å².